The number of anilines is 1. The van der Waals surface area contributed by atoms with E-state index >= 15 is 0 Å². The van der Waals surface area contributed by atoms with Crippen LogP contribution in [0.3, 0.4) is 0 Å². The number of nitrogens with zero attached hydrogens (tertiary/aromatic N) is 2. The Morgan fingerprint density at radius 3 is 2.89 bits per heavy atom. The fourth-order valence-electron chi connectivity index (χ4n) is 2.27. The van der Waals surface area contributed by atoms with Crippen LogP contribution in [0, 0.1) is 0 Å². The molecule has 0 spiro atoms. The molecule has 3 rings (SSSR count). The van der Waals surface area contributed by atoms with E-state index in [0.29, 0.717) is 5.69 Å². The number of carbonyl (C=O) groups is 1. The Bertz CT molecular complexity index is 581. The zero-order valence-corrected chi connectivity index (χ0v) is 9.89. The maximum absolute atomic E-state index is 11.9. The summed E-state index contributed by atoms with van der Waals surface area (Å²) in [7, 11) is 0. The molecule has 1 heterocycles. The first kappa shape index (κ1) is 10.9. The number of rotatable bonds is 2. The van der Waals surface area contributed by atoms with Crippen LogP contribution in [0.15, 0.2) is 36.8 Å². The Morgan fingerprint density at radius 1 is 1.17 bits per heavy atom. The zero-order valence-electron chi connectivity index (χ0n) is 9.89. The molecule has 1 amide bonds. The molecule has 1 aromatic carbocycles. The second-order valence-corrected chi connectivity index (χ2v) is 4.39. The summed E-state index contributed by atoms with van der Waals surface area (Å²) >= 11 is 0. The lowest BCUT2D eigenvalue weighted by molar-refractivity contribution is 0.102. The second-order valence-electron chi connectivity index (χ2n) is 4.39. The number of hydrogen-bond donors (Lipinski definition) is 1. The molecule has 0 fully saturated rings. The van der Waals surface area contributed by atoms with Crippen molar-refractivity contribution in [1.29, 1.82) is 0 Å². The van der Waals surface area contributed by atoms with Gasteiger partial charge in [-0.25, -0.2) is 9.97 Å². The largest absolute Gasteiger partial charge is 0.321 e. The van der Waals surface area contributed by atoms with Gasteiger partial charge in [-0.1, -0.05) is 6.07 Å². The van der Waals surface area contributed by atoms with Crippen molar-refractivity contribution < 1.29 is 4.79 Å². The van der Waals surface area contributed by atoms with Crippen LogP contribution in [-0.4, -0.2) is 15.9 Å². The summed E-state index contributed by atoms with van der Waals surface area (Å²) in [5, 5.41) is 2.86. The van der Waals surface area contributed by atoms with Gasteiger partial charge in [0.15, 0.2) is 0 Å². The predicted molar refractivity (Wildman–Crippen MR) is 68.5 cm³/mol. The number of nitrogens with one attached hydrogen (secondary N) is 1. The third kappa shape index (κ3) is 2.09. The van der Waals surface area contributed by atoms with E-state index in [0.717, 1.165) is 18.5 Å². The highest BCUT2D eigenvalue weighted by Gasteiger charge is 2.12. The minimum atomic E-state index is -0.199. The summed E-state index contributed by atoms with van der Waals surface area (Å²) in [6, 6.07) is 7.70. The van der Waals surface area contributed by atoms with Gasteiger partial charge in [0.25, 0.3) is 5.91 Å². The van der Waals surface area contributed by atoms with Crippen LogP contribution < -0.4 is 5.32 Å². The highest BCUT2D eigenvalue weighted by atomic mass is 16.1. The normalized spacial score (nSPS) is 13.1. The Hall–Kier alpha value is -2.23. The van der Waals surface area contributed by atoms with Crippen LogP contribution in [-0.2, 0) is 12.8 Å². The third-order valence-electron chi connectivity index (χ3n) is 3.17. The van der Waals surface area contributed by atoms with Gasteiger partial charge in [-0.15, -0.1) is 0 Å². The molecule has 90 valence electrons. The first-order valence-corrected chi connectivity index (χ1v) is 6.02. The minimum Gasteiger partial charge on any atom is -0.321 e. The van der Waals surface area contributed by atoms with Crippen molar-refractivity contribution in [2.45, 2.75) is 19.3 Å². The molecular weight excluding hydrogens is 226 g/mol. The van der Waals surface area contributed by atoms with E-state index in [4.69, 9.17) is 0 Å². The highest BCUT2D eigenvalue weighted by Crippen LogP contribution is 2.24. The van der Waals surface area contributed by atoms with Gasteiger partial charge < -0.3 is 5.32 Å². The number of aryl methyl sites for hydroxylation is 2. The smallest absolute Gasteiger partial charge is 0.274 e. The Labute approximate surface area is 105 Å². The topological polar surface area (TPSA) is 54.9 Å². The van der Waals surface area contributed by atoms with Crippen molar-refractivity contribution in [1.82, 2.24) is 9.97 Å². The summed E-state index contributed by atoms with van der Waals surface area (Å²) in [6.07, 6.45) is 6.39. The molecule has 1 aliphatic carbocycles. The second kappa shape index (κ2) is 4.56. The van der Waals surface area contributed by atoms with E-state index in [1.165, 1.54) is 23.9 Å². The van der Waals surface area contributed by atoms with E-state index in [9.17, 15) is 4.79 Å². The van der Waals surface area contributed by atoms with Crippen molar-refractivity contribution in [3.63, 3.8) is 0 Å². The highest BCUT2D eigenvalue weighted by molar-refractivity contribution is 6.02. The fourth-order valence-corrected chi connectivity index (χ4v) is 2.27. The maximum Gasteiger partial charge on any atom is 0.274 e. The van der Waals surface area contributed by atoms with E-state index in [2.05, 4.69) is 27.4 Å². The van der Waals surface area contributed by atoms with Gasteiger partial charge in [0.05, 0.1) is 0 Å². The van der Waals surface area contributed by atoms with Crippen LogP contribution in [0.5, 0.6) is 0 Å². The molecular formula is C14H13N3O. The number of fused-ring (bicyclic) bond motifs is 1. The molecule has 0 radical (unpaired) electrons. The first-order valence-electron chi connectivity index (χ1n) is 6.02. The molecule has 0 unspecified atom stereocenters. The predicted octanol–water partition coefficient (Wildman–Crippen LogP) is 2.22. The maximum atomic E-state index is 11.9. The summed E-state index contributed by atoms with van der Waals surface area (Å²) in [6.45, 7) is 0. The number of carbonyl (C=O) groups excluding carboxylic acids is 1. The zero-order chi connectivity index (χ0) is 12.4. The van der Waals surface area contributed by atoms with Gasteiger partial charge in [0.2, 0.25) is 0 Å². The fraction of sp³-hybridized carbons (Fsp3) is 0.214. The van der Waals surface area contributed by atoms with Crippen molar-refractivity contribution >= 4 is 11.6 Å². The molecule has 0 saturated heterocycles. The van der Waals surface area contributed by atoms with E-state index < -0.39 is 0 Å². The molecule has 4 nitrogen and oxygen atoms in total. The minimum absolute atomic E-state index is 0.199. The number of amides is 1. The molecule has 0 bridgehead atoms. The van der Waals surface area contributed by atoms with E-state index in [-0.39, 0.29) is 5.91 Å². The number of benzene rings is 1. The molecule has 1 aliphatic rings. The van der Waals surface area contributed by atoms with Crippen LogP contribution in [0.4, 0.5) is 5.69 Å². The van der Waals surface area contributed by atoms with Crippen LogP contribution >= 0.6 is 0 Å². The van der Waals surface area contributed by atoms with Crippen molar-refractivity contribution in [2.24, 2.45) is 0 Å². The SMILES string of the molecule is O=C(Nc1ccc2c(c1)CCC2)c1ccncn1. The van der Waals surface area contributed by atoms with Gasteiger partial charge in [-0.05, 0) is 48.6 Å². The monoisotopic (exact) mass is 239 g/mol. The van der Waals surface area contributed by atoms with Crippen LogP contribution in [0.25, 0.3) is 0 Å². The lowest BCUT2D eigenvalue weighted by Crippen LogP contribution is -2.13. The van der Waals surface area contributed by atoms with Gasteiger partial charge in [0, 0.05) is 11.9 Å². The van der Waals surface area contributed by atoms with Gasteiger partial charge in [-0.3, -0.25) is 4.79 Å². The Kier molecular flexibility index (Phi) is 2.76. The quantitative estimate of drug-likeness (QED) is 0.874. The Morgan fingerprint density at radius 2 is 2.06 bits per heavy atom. The third-order valence-corrected chi connectivity index (χ3v) is 3.17. The number of hydrogen-bond acceptors (Lipinski definition) is 3. The van der Waals surface area contributed by atoms with Gasteiger partial charge in [0.1, 0.15) is 12.0 Å². The molecule has 0 saturated carbocycles. The van der Waals surface area contributed by atoms with Crippen LogP contribution in [0.2, 0.25) is 0 Å². The van der Waals surface area contributed by atoms with Gasteiger partial charge in [-0.2, -0.15) is 0 Å². The summed E-state index contributed by atoms with van der Waals surface area (Å²) in [4.78, 5) is 19.6. The lowest BCUT2D eigenvalue weighted by Gasteiger charge is -2.06. The van der Waals surface area contributed by atoms with Crippen LogP contribution in [0.1, 0.15) is 28.0 Å². The van der Waals surface area contributed by atoms with E-state index in [1.807, 2.05) is 6.07 Å². The summed E-state index contributed by atoms with van der Waals surface area (Å²) in [5.41, 5.74) is 3.95. The van der Waals surface area contributed by atoms with Crippen molar-refractivity contribution in [3.8, 4) is 0 Å². The van der Waals surface area contributed by atoms with Crippen molar-refractivity contribution in [3.05, 3.63) is 53.6 Å². The standard InChI is InChI=1S/C14H13N3O/c18-14(13-6-7-15-9-16-13)17-12-5-4-10-2-1-3-11(10)8-12/h4-9H,1-3H2,(H,17,18). The molecule has 1 N–H and O–H groups in total. The average Bonchev–Trinajstić information content (AvgIpc) is 2.87. The van der Waals surface area contributed by atoms with E-state index in [1.54, 1.807) is 12.3 Å². The Balaban J connectivity index is 1.79. The molecule has 2 aromatic rings. The molecule has 18 heavy (non-hydrogen) atoms. The van der Waals surface area contributed by atoms with Crippen molar-refractivity contribution in [2.75, 3.05) is 5.32 Å². The van der Waals surface area contributed by atoms with Gasteiger partial charge >= 0.3 is 0 Å². The molecule has 0 aliphatic heterocycles. The summed E-state index contributed by atoms with van der Waals surface area (Å²) < 4.78 is 0. The molecule has 0 atom stereocenters. The molecule has 4 heteroatoms. The molecule has 1 aromatic heterocycles. The first-order chi connectivity index (χ1) is 8.83. The lowest BCUT2D eigenvalue weighted by atomic mass is 10.1. The summed E-state index contributed by atoms with van der Waals surface area (Å²) in [5.74, 6) is -0.199. The number of aromatic nitrogens is 2. The average molecular weight is 239 g/mol.